The van der Waals surface area contributed by atoms with Crippen LogP contribution in [-0.2, 0) is 17.8 Å². The van der Waals surface area contributed by atoms with Gasteiger partial charge in [-0.3, -0.25) is 9.78 Å². The minimum absolute atomic E-state index is 0.0800. The molecule has 0 unspecified atom stereocenters. The summed E-state index contributed by atoms with van der Waals surface area (Å²) in [5.41, 5.74) is 7.99. The molecule has 0 atom stereocenters. The number of hydrogen-bond donors (Lipinski definition) is 2. The van der Waals surface area contributed by atoms with E-state index in [1.54, 1.807) is 5.38 Å². The van der Waals surface area contributed by atoms with E-state index in [4.69, 9.17) is 5.73 Å². The lowest BCUT2D eigenvalue weighted by Crippen LogP contribution is -2.25. The Morgan fingerprint density at radius 3 is 2.89 bits per heavy atom. The van der Waals surface area contributed by atoms with Crippen molar-refractivity contribution in [2.45, 2.75) is 19.9 Å². The van der Waals surface area contributed by atoms with Gasteiger partial charge in [0.05, 0.1) is 24.4 Å². The molecule has 0 aliphatic carbocycles. The molecule has 2 aromatic rings. The van der Waals surface area contributed by atoms with Gasteiger partial charge in [0, 0.05) is 11.1 Å². The van der Waals surface area contributed by atoms with Gasteiger partial charge in [-0.15, -0.1) is 11.3 Å². The second-order valence-corrected chi connectivity index (χ2v) is 4.79. The Labute approximate surface area is 109 Å². The number of hydrogen-bond acceptors (Lipinski definition) is 5. The van der Waals surface area contributed by atoms with Gasteiger partial charge in [0.2, 0.25) is 5.91 Å². The molecule has 0 spiro atoms. The van der Waals surface area contributed by atoms with Crippen molar-refractivity contribution in [3.05, 3.63) is 40.7 Å². The van der Waals surface area contributed by atoms with Crippen LogP contribution in [0.3, 0.4) is 0 Å². The summed E-state index contributed by atoms with van der Waals surface area (Å²) in [7, 11) is 0. The molecule has 0 radical (unpaired) electrons. The summed E-state index contributed by atoms with van der Waals surface area (Å²) in [6.07, 6.45) is 0.250. The minimum Gasteiger partial charge on any atom is -0.375 e. The summed E-state index contributed by atoms with van der Waals surface area (Å²) < 4.78 is 0. The predicted molar refractivity (Wildman–Crippen MR) is 71.1 cm³/mol. The topological polar surface area (TPSA) is 80.9 Å². The van der Waals surface area contributed by atoms with Crippen molar-refractivity contribution in [1.82, 2.24) is 15.3 Å². The van der Waals surface area contributed by atoms with Crippen molar-refractivity contribution in [2.24, 2.45) is 0 Å². The highest BCUT2D eigenvalue weighted by molar-refractivity contribution is 7.13. The van der Waals surface area contributed by atoms with Gasteiger partial charge in [-0.1, -0.05) is 6.07 Å². The molecule has 5 nitrogen and oxygen atoms in total. The van der Waals surface area contributed by atoms with Gasteiger partial charge in [-0.2, -0.15) is 0 Å². The third-order valence-corrected chi connectivity index (χ3v) is 3.05. The van der Waals surface area contributed by atoms with Crippen molar-refractivity contribution in [2.75, 3.05) is 5.73 Å². The van der Waals surface area contributed by atoms with Crippen LogP contribution in [0.15, 0.2) is 23.6 Å². The monoisotopic (exact) mass is 262 g/mol. The number of carbonyl (C=O) groups is 1. The number of rotatable bonds is 4. The number of thiazole rings is 1. The maximum Gasteiger partial charge on any atom is 0.226 e. The van der Waals surface area contributed by atoms with Crippen molar-refractivity contribution in [3.63, 3.8) is 0 Å². The van der Waals surface area contributed by atoms with Crippen LogP contribution in [0.5, 0.6) is 0 Å². The number of anilines is 1. The Bertz CT molecular complexity index is 553. The van der Waals surface area contributed by atoms with Crippen LogP contribution in [0, 0.1) is 6.92 Å². The molecular formula is C12H14N4OS. The number of pyridine rings is 1. The van der Waals surface area contributed by atoms with E-state index < -0.39 is 0 Å². The Hall–Kier alpha value is -1.95. The molecule has 0 saturated carbocycles. The highest BCUT2D eigenvalue weighted by atomic mass is 32.1. The van der Waals surface area contributed by atoms with Gasteiger partial charge in [0.15, 0.2) is 5.13 Å². The van der Waals surface area contributed by atoms with Crippen LogP contribution in [0.2, 0.25) is 0 Å². The van der Waals surface area contributed by atoms with E-state index >= 15 is 0 Å². The minimum atomic E-state index is -0.0800. The van der Waals surface area contributed by atoms with E-state index in [-0.39, 0.29) is 12.3 Å². The second kappa shape index (κ2) is 5.59. The SMILES string of the molecule is Cc1cccc(CNC(=O)Cc2csc(N)n2)n1. The lowest BCUT2D eigenvalue weighted by molar-refractivity contribution is -0.120. The van der Waals surface area contributed by atoms with Crippen LogP contribution < -0.4 is 11.1 Å². The molecule has 1 amide bonds. The van der Waals surface area contributed by atoms with Gasteiger partial charge in [0.1, 0.15) is 0 Å². The van der Waals surface area contributed by atoms with Crippen LogP contribution in [0.4, 0.5) is 5.13 Å². The molecule has 0 bridgehead atoms. The Balaban J connectivity index is 1.85. The van der Waals surface area contributed by atoms with Crippen LogP contribution >= 0.6 is 11.3 Å². The van der Waals surface area contributed by atoms with Crippen molar-refractivity contribution in [1.29, 1.82) is 0 Å². The third-order valence-electron chi connectivity index (χ3n) is 2.32. The van der Waals surface area contributed by atoms with Crippen LogP contribution in [-0.4, -0.2) is 15.9 Å². The molecule has 18 heavy (non-hydrogen) atoms. The average Bonchev–Trinajstić information content (AvgIpc) is 2.72. The molecule has 3 N–H and O–H groups in total. The molecular weight excluding hydrogens is 248 g/mol. The summed E-state index contributed by atoms with van der Waals surface area (Å²) in [6.45, 7) is 2.35. The summed E-state index contributed by atoms with van der Waals surface area (Å²) in [6, 6.07) is 5.72. The number of nitrogens with one attached hydrogen (secondary N) is 1. The van der Waals surface area contributed by atoms with Gasteiger partial charge in [-0.05, 0) is 19.1 Å². The Morgan fingerprint density at radius 2 is 2.22 bits per heavy atom. The maximum atomic E-state index is 11.7. The largest absolute Gasteiger partial charge is 0.375 e. The Kier molecular flexibility index (Phi) is 3.88. The molecule has 2 rings (SSSR count). The van der Waals surface area contributed by atoms with Crippen LogP contribution in [0.1, 0.15) is 17.1 Å². The summed E-state index contributed by atoms with van der Waals surface area (Å²) >= 11 is 1.34. The zero-order valence-corrected chi connectivity index (χ0v) is 10.8. The van der Waals surface area contributed by atoms with Gasteiger partial charge < -0.3 is 11.1 Å². The van der Waals surface area contributed by atoms with Crippen molar-refractivity contribution >= 4 is 22.4 Å². The van der Waals surface area contributed by atoms with Crippen molar-refractivity contribution < 1.29 is 4.79 Å². The number of aryl methyl sites for hydroxylation is 1. The molecule has 0 aromatic carbocycles. The molecule has 0 fully saturated rings. The highest BCUT2D eigenvalue weighted by Gasteiger charge is 2.06. The van der Waals surface area contributed by atoms with E-state index in [0.717, 1.165) is 11.4 Å². The first-order valence-corrected chi connectivity index (χ1v) is 6.40. The standard InChI is InChI=1S/C12H14N4OS/c1-8-3-2-4-9(15-8)6-14-11(17)5-10-7-18-12(13)16-10/h2-4,7H,5-6H2,1H3,(H2,13,16)(H,14,17). The molecule has 6 heteroatoms. The normalized spacial score (nSPS) is 10.3. The molecule has 0 saturated heterocycles. The number of carbonyl (C=O) groups excluding carboxylic acids is 1. The van der Waals surface area contributed by atoms with Crippen molar-refractivity contribution in [3.8, 4) is 0 Å². The average molecular weight is 262 g/mol. The van der Waals surface area contributed by atoms with E-state index in [2.05, 4.69) is 15.3 Å². The van der Waals surface area contributed by atoms with Gasteiger partial charge >= 0.3 is 0 Å². The zero-order valence-electron chi connectivity index (χ0n) is 10.0. The highest BCUT2D eigenvalue weighted by Crippen LogP contribution is 2.11. The number of nitrogen functional groups attached to an aromatic ring is 1. The van der Waals surface area contributed by atoms with E-state index in [9.17, 15) is 4.79 Å². The molecule has 94 valence electrons. The molecule has 0 aliphatic heterocycles. The van der Waals surface area contributed by atoms with E-state index in [1.165, 1.54) is 11.3 Å². The lowest BCUT2D eigenvalue weighted by atomic mass is 10.3. The van der Waals surface area contributed by atoms with E-state index in [0.29, 0.717) is 17.4 Å². The number of nitrogens with zero attached hydrogens (tertiary/aromatic N) is 2. The predicted octanol–water partition coefficient (Wildman–Crippen LogP) is 1.29. The molecule has 2 aromatic heterocycles. The summed E-state index contributed by atoms with van der Waals surface area (Å²) in [4.78, 5) is 20.0. The van der Waals surface area contributed by atoms with Crippen LogP contribution in [0.25, 0.3) is 0 Å². The second-order valence-electron chi connectivity index (χ2n) is 3.90. The summed E-state index contributed by atoms with van der Waals surface area (Å²) in [5, 5.41) is 5.08. The smallest absolute Gasteiger partial charge is 0.226 e. The molecule has 0 aliphatic rings. The zero-order chi connectivity index (χ0) is 13.0. The number of aromatic nitrogens is 2. The third kappa shape index (κ3) is 3.53. The van der Waals surface area contributed by atoms with Gasteiger partial charge in [0.25, 0.3) is 0 Å². The van der Waals surface area contributed by atoms with E-state index in [1.807, 2.05) is 25.1 Å². The van der Waals surface area contributed by atoms with Gasteiger partial charge in [-0.25, -0.2) is 4.98 Å². The Morgan fingerprint density at radius 1 is 1.39 bits per heavy atom. The number of amides is 1. The lowest BCUT2D eigenvalue weighted by Gasteiger charge is -2.04. The summed E-state index contributed by atoms with van der Waals surface area (Å²) in [5.74, 6) is -0.0800. The maximum absolute atomic E-state index is 11.7. The fourth-order valence-corrected chi connectivity index (χ4v) is 2.08. The first kappa shape index (κ1) is 12.5. The molecule has 2 heterocycles. The first-order valence-electron chi connectivity index (χ1n) is 5.52. The quantitative estimate of drug-likeness (QED) is 0.870. The fraction of sp³-hybridized carbons (Fsp3) is 0.250. The fourth-order valence-electron chi connectivity index (χ4n) is 1.52. The number of nitrogens with two attached hydrogens (primary N) is 1. The first-order chi connectivity index (χ1) is 8.63.